The van der Waals surface area contributed by atoms with Crippen LogP contribution in [0.5, 0.6) is 0 Å². The van der Waals surface area contributed by atoms with E-state index in [0.717, 1.165) is 16.8 Å². The Morgan fingerprint density at radius 1 is 0.933 bits per heavy atom. The van der Waals surface area contributed by atoms with Crippen molar-refractivity contribution in [3.63, 3.8) is 0 Å². The van der Waals surface area contributed by atoms with Crippen molar-refractivity contribution in [3.05, 3.63) is 66.9 Å². The summed E-state index contributed by atoms with van der Waals surface area (Å²) in [5, 5.41) is 10.7. The van der Waals surface area contributed by atoms with E-state index in [1.165, 1.54) is 0 Å². The average molecular weight is 432 g/mol. The van der Waals surface area contributed by atoms with E-state index in [9.17, 15) is 14.1 Å². The molecular formula is C22H21N2NaO4S. The van der Waals surface area contributed by atoms with Gasteiger partial charge in [-0.2, -0.15) is 0 Å². The molecule has 150 valence electrons. The number of unbranched alkanes of at least 4 members (excludes halogenated alkanes) is 1. The molecule has 2 aromatic carbocycles. The number of rotatable bonds is 10. The second-order valence-corrected chi connectivity index (χ2v) is 7.84. The molecule has 3 rings (SSSR count). The van der Waals surface area contributed by atoms with Gasteiger partial charge in [-0.1, -0.05) is 60.7 Å². The van der Waals surface area contributed by atoms with Crippen molar-refractivity contribution in [2.75, 3.05) is 19.0 Å². The Labute approximate surface area is 200 Å². The van der Waals surface area contributed by atoms with Gasteiger partial charge < -0.3 is 14.6 Å². The molecule has 0 radical (unpaired) electrons. The smallest absolute Gasteiger partial charge is 0.548 e. The van der Waals surface area contributed by atoms with Gasteiger partial charge in [-0.25, -0.2) is 4.98 Å². The topological polar surface area (TPSA) is 92.2 Å². The Bertz CT molecular complexity index is 971. The van der Waals surface area contributed by atoms with Crippen LogP contribution >= 0.6 is 0 Å². The van der Waals surface area contributed by atoms with Gasteiger partial charge in [-0.05, 0) is 12.8 Å². The van der Waals surface area contributed by atoms with E-state index in [-0.39, 0.29) is 29.6 Å². The number of carboxylic acids is 1. The fraction of sp³-hybridized carbons (Fsp3) is 0.227. The predicted molar refractivity (Wildman–Crippen MR) is 109 cm³/mol. The number of hydrogen-bond acceptors (Lipinski definition) is 6. The minimum Gasteiger partial charge on any atom is -0.548 e. The summed E-state index contributed by atoms with van der Waals surface area (Å²) in [6.45, 7) is -0.130. The summed E-state index contributed by atoms with van der Waals surface area (Å²) in [5.41, 5.74) is 3.29. The predicted octanol–water partition coefficient (Wildman–Crippen LogP) is -0.531. The molecule has 0 saturated heterocycles. The summed E-state index contributed by atoms with van der Waals surface area (Å²) in [5.74, 6) is -0.835. The first kappa shape index (κ1) is 24.4. The largest absolute Gasteiger partial charge is 1.00 e. The molecule has 1 atom stereocenters. The van der Waals surface area contributed by atoms with Crippen molar-refractivity contribution in [3.8, 4) is 22.5 Å². The Hall–Kier alpha value is -1.90. The molecule has 3 aromatic rings. The first-order valence-electron chi connectivity index (χ1n) is 9.29. The van der Waals surface area contributed by atoms with Gasteiger partial charge in [-0.3, -0.25) is 9.19 Å². The molecule has 0 N–H and O–H groups in total. The van der Waals surface area contributed by atoms with Gasteiger partial charge in [0, 0.05) is 23.5 Å². The summed E-state index contributed by atoms with van der Waals surface area (Å²) in [4.78, 5) is 19.6. The molecule has 8 heteroatoms. The van der Waals surface area contributed by atoms with E-state index in [2.05, 4.69) is 9.97 Å². The van der Waals surface area contributed by atoms with Crippen molar-refractivity contribution in [2.45, 2.75) is 17.9 Å². The summed E-state index contributed by atoms with van der Waals surface area (Å²) < 4.78 is 17.6. The van der Waals surface area contributed by atoms with Crippen LogP contribution in [0, 0.1) is 0 Å². The number of carbonyl (C=O) groups is 1. The van der Waals surface area contributed by atoms with Crippen molar-refractivity contribution in [1.29, 1.82) is 0 Å². The summed E-state index contributed by atoms with van der Waals surface area (Å²) in [7, 11) is -1.30. The van der Waals surface area contributed by atoms with Gasteiger partial charge in [0.1, 0.15) is 5.03 Å². The van der Waals surface area contributed by atoms with Crippen LogP contribution < -0.4 is 34.7 Å². The van der Waals surface area contributed by atoms with Crippen molar-refractivity contribution in [1.82, 2.24) is 9.97 Å². The Balaban J connectivity index is 0.00000320. The van der Waals surface area contributed by atoms with Crippen LogP contribution in [0.15, 0.2) is 71.9 Å². The molecule has 0 saturated carbocycles. The second kappa shape index (κ2) is 12.7. The molecule has 0 aliphatic rings. The molecule has 0 amide bonds. The van der Waals surface area contributed by atoms with Crippen LogP contribution in [0.1, 0.15) is 12.8 Å². The molecule has 1 heterocycles. The molecule has 1 unspecified atom stereocenters. The molecule has 0 fully saturated rings. The Morgan fingerprint density at radius 3 is 2.13 bits per heavy atom. The maximum atomic E-state index is 12.7. The number of carboxylic acid groups (broad SMARTS) is 1. The van der Waals surface area contributed by atoms with Gasteiger partial charge in [-0.15, -0.1) is 0 Å². The maximum absolute atomic E-state index is 12.7. The van der Waals surface area contributed by atoms with Crippen molar-refractivity contribution >= 4 is 16.8 Å². The SMILES string of the molecule is O=C([O-])COCCCCS(=O)c1cnc(-c2ccccc2)c(-c2ccccc2)n1.[Na+]. The fourth-order valence-corrected chi connectivity index (χ4v) is 3.82. The van der Waals surface area contributed by atoms with E-state index in [0.29, 0.717) is 35.9 Å². The summed E-state index contributed by atoms with van der Waals surface area (Å²) in [6.07, 6.45) is 2.81. The maximum Gasteiger partial charge on any atom is 1.00 e. The fourth-order valence-electron chi connectivity index (χ4n) is 2.78. The van der Waals surface area contributed by atoms with Crippen LogP contribution in [0.25, 0.3) is 22.5 Å². The monoisotopic (exact) mass is 432 g/mol. The molecular weight excluding hydrogens is 411 g/mol. The van der Waals surface area contributed by atoms with Gasteiger partial charge >= 0.3 is 29.6 Å². The Kier molecular flexibility index (Phi) is 10.3. The standard InChI is InChI=1S/C22H22N2O4S.Na/c25-20(26)16-28-13-7-8-14-29(27)19-15-23-21(17-9-3-1-4-10-17)22(24-19)18-11-5-2-6-12-18;/h1-6,9-12,15H,7-8,13-14,16H2,(H,25,26);/q;+1/p-1. The zero-order chi connectivity index (χ0) is 20.5. The average Bonchev–Trinajstić information content (AvgIpc) is 2.76. The minimum absolute atomic E-state index is 0. The molecule has 0 bridgehead atoms. The minimum atomic E-state index is -1.30. The Morgan fingerprint density at radius 2 is 1.53 bits per heavy atom. The van der Waals surface area contributed by atoms with E-state index in [4.69, 9.17) is 4.74 Å². The van der Waals surface area contributed by atoms with Crippen LogP contribution in [0.2, 0.25) is 0 Å². The molecule has 0 spiro atoms. The zero-order valence-electron chi connectivity index (χ0n) is 16.8. The first-order chi connectivity index (χ1) is 14.1. The third kappa shape index (κ3) is 7.11. The number of nitrogens with zero attached hydrogens (tertiary/aromatic N) is 2. The van der Waals surface area contributed by atoms with Gasteiger partial charge in [0.25, 0.3) is 0 Å². The van der Waals surface area contributed by atoms with Crippen LogP contribution in [-0.2, 0) is 20.3 Å². The van der Waals surface area contributed by atoms with Gasteiger partial charge in [0.2, 0.25) is 0 Å². The number of benzene rings is 2. The number of aromatic nitrogens is 2. The molecule has 1 aromatic heterocycles. The normalized spacial score (nSPS) is 11.5. The van der Waals surface area contributed by atoms with Crippen LogP contribution in [-0.4, -0.2) is 39.1 Å². The molecule has 0 aliphatic heterocycles. The number of carbonyl (C=O) groups excluding carboxylic acids is 1. The quantitative estimate of drug-likeness (QED) is 0.316. The van der Waals surface area contributed by atoms with E-state index >= 15 is 0 Å². The third-order valence-corrected chi connectivity index (χ3v) is 5.49. The number of aliphatic carboxylic acids is 1. The third-order valence-electron chi connectivity index (χ3n) is 4.17. The summed E-state index contributed by atoms with van der Waals surface area (Å²) in [6, 6.07) is 19.5. The van der Waals surface area contributed by atoms with Gasteiger partial charge in [0.05, 0.1) is 41.0 Å². The number of ether oxygens (including phenoxy) is 1. The van der Waals surface area contributed by atoms with E-state index < -0.39 is 23.4 Å². The summed E-state index contributed by atoms with van der Waals surface area (Å²) >= 11 is 0. The zero-order valence-corrected chi connectivity index (χ0v) is 19.6. The molecule has 6 nitrogen and oxygen atoms in total. The van der Waals surface area contributed by atoms with Gasteiger partial charge in [0.15, 0.2) is 0 Å². The van der Waals surface area contributed by atoms with Crippen molar-refractivity contribution in [2.24, 2.45) is 0 Å². The van der Waals surface area contributed by atoms with E-state index in [1.807, 2.05) is 60.7 Å². The first-order valence-corrected chi connectivity index (χ1v) is 10.6. The molecule has 30 heavy (non-hydrogen) atoms. The van der Waals surface area contributed by atoms with Crippen LogP contribution in [0.4, 0.5) is 0 Å². The van der Waals surface area contributed by atoms with Crippen molar-refractivity contribution < 1.29 is 48.4 Å². The molecule has 0 aliphatic carbocycles. The van der Waals surface area contributed by atoms with Crippen LogP contribution in [0.3, 0.4) is 0 Å². The number of hydrogen-bond donors (Lipinski definition) is 0. The van der Waals surface area contributed by atoms with E-state index in [1.54, 1.807) is 6.20 Å². The second-order valence-electron chi connectivity index (χ2n) is 6.32.